The fourth-order valence-electron chi connectivity index (χ4n) is 0.886. The Morgan fingerprint density at radius 1 is 1.46 bits per heavy atom. The second kappa shape index (κ2) is 5.34. The van der Waals surface area contributed by atoms with Gasteiger partial charge in [0.1, 0.15) is 15.6 Å². The fourth-order valence-corrected chi connectivity index (χ4v) is 1.56. The van der Waals surface area contributed by atoms with Crippen LogP contribution < -0.4 is 5.73 Å². The van der Waals surface area contributed by atoms with Crippen molar-refractivity contribution in [3.63, 3.8) is 0 Å². The molecule has 0 rings (SSSR count). The summed E-state index contributed by atoms with van der Waals surface area (Å²) in [6, 6.07) is 0. The molecule has 2 N–H and O–H groups in total. The van der Waals surface area contributed by atoms with Crippen molar-refractivity contribution in [3.8, 4) is 0 Å². The standard InChI is InChI=1S/C8H17NO3S/c1-7(6-9)8(10)4-3-5-13(2,11)12/h7H,3-6,9H2,1-2H3. The van der Waals surface area contributed by atoms with Crippen LogP contribution in [0.25, 0.3) is 0 Å². The maximum atomic E-state index is 11.2. The van der Waals surface area contributed by atoms with Gasteiger partial charge >= 0.3 is 0 Å². The second-order valence-corrected chi connectivity index (χ2v) is 5.60. The number of hydrogen-bond donors (Lipinski definition) is 1. The highest BCUT2D eigenvalue weighted by molar-refractivity contribution is 7.90. The Kier molecular flexibility index (Phi) is 5.17. The van der Waals surface area contributed by atoms with Gasteiger partial charge in [-0.2, -0.15) is 0 Å². The largest absolute Gasteiger partial charge is 0.330 e. The van der Waals surface area contributed by atoms with Crippen molar-refractivity contribution in [2.24, 2.45) is 11.7 Å². The first-order valence-corrected chi connectivity index (χ1v) is 6.33. The SMILES string of the molecule is CC(CN)C(=O)CCCS(C)(=O)=O. The number of carbonyl (C=O) groups excluding carboxylic acids is 1. The minimum Gasteiger partial charge on any atom is -0.330 e. The highest BCUT2D eigenvalue weighted by atomic mass is 32.2. The van der Waals surface area contributed by atoms with Crippen molar-refractivity contribution in [3.05, 3.63) is 0 Å². The molecule has 0 fully saturated rings. The Labute approximate surface area is 79.4 Å². The Morgan fingerprint density at radius 2 is 2.00 bits per heavy atom. The van der Waals surface area contributed by atoms with Crippen molar-refractivity contribution >= 4 is 15.6 Å². The maximum Gasteiger partial charge on any atom is 0.147 e. The minimum atomic E-state index is -2.94. The summed E-state index contributed by atoms with van der Waals surface area (Å²) in [5.41, 5.74) is 5.29. The number of nitrogens with two attached hydrogens (primary N) is 1. The van der Waals surface area contributed by atoms with Gasteiger partial charge in [-0.05, 0) is 6.42 Å². The van der Waals surface area contributed by atoms with E-state index in [-0.39, 0.29) is 17.5 Å². The van der Waals surface area contributed by atoms with E-state index in [1.54, 1.807) is 6.92 Å². The highest BCUT2D eigenvalue weighted by Crippen LogP contribution is 2.02. The molecule has 0 saturated heterocycles. The van der Waals surface area contributed by atoms with Crippen LogP contribution in [0, 0.1) is 5.92 Å². The molecule has 0 aromatic rings. The van der Waals surface area contributed by atoms with E-state index in [1.165, 1.54) is 6.26 Å². The molecule has 0 aliphatic heterocycles. The van der Waals surface area contributed by atoms with Crippen LogP contribution in [-0.2, 0) is 14.6 Å². The lowest BCUT2D eigenvalue weighted by Crippen LogP contribution is -2.21. The lowest BCUT2D eigenvalue weighted by Gasteiger charge is -2.05. The normalized spacial score (nSPS) is 14.1. The van der Waals surface area contributed by atoms with Gasteiger partial charge in [-0.15, -0.1) is 0 Å². The number of sulfone groups is 1. The fraction of sp³-hybridized carbons (Fsp3) is 0.875. The zero-order valence-electron chi connectivity index (χ0n) is 8.12. The molecule has 0 aromatic carbocycles. The molecule has 4 nitrogen and oxygen atoms in total. The molecule has 0 aliphatic carbocycles. The van der Waals surface area contributed by atoms with Crippen molar-refractivity contribution in [1.29, 1.82) is 0 Å². The van der Waals surface area contributed by atoms with E-state index < -0.39 is 9.84 Å². The van der Waals surface area contributed by atoms with E-state index in [1.807, 2.05) is 0 Å². The predicted octanol–water partition coefficient (Wildman–Crippen LogP) is -0.0249. The van der Waals surface area contributed by atoms with Crippen LogP contribution >= 0.6 is 0 Å². The number of carbonyl (C=O) groups is 1. The van der Waals surface area contributed by atoms with Crippen LogP contribution in [0.5, 0.6) is 0 Å². The summed E-state index contributed by atoms with van der Waals surface area (Å²) >= 11 is 0. The zero-order chi connectivity index (χ0) is 10.5. The lowest BCUT2D eigenvalue weighted by atomic mass is 10.0. The third-order valence-electron chi connectivity index (χ3n) is 1.84. The van der Waals surface area contributed by atoms with Gasteiger partial charge in [0.25, 0.3) is 0 Å². The second-order valence-electron chi connectivity index (χ2n) is 3.34. The number of rotatable bonds is 6. The van der Waals surface area contributed by atoms with Crippen LogP contribution in [0.2, 0.25) is 0 Å². The smallest absolute Gasteiger partial charge is 0.147 e. The highest BCUT2D eigenvalue weighted by Gasteiger charge is 2.11. The van der Waals surface area contributed by atoms with E-state index in [0.29, 0.717) is 19.4 Å². The summed E-state index contributed by atoms with van der Waals surface area (Å²) in [6.45, 7) is 2.08. The monoisotopic (exact) mass is 207 g/mol. The summed E-state index contributed by atoms with van der Waals surface area (Å²) in [4.78, 5) is 11.2. The van der Waals surface area contributed by atoms with Crippen LogP contribution in [0.3, 0.4) is 0 Å². The number of ketones is 1. The van der Waals surface area contributed by atoms with Crippen molar-refractivity contribution < 1.29 is 13.2 Å². The summed E-state index contributed by atoms with van der Waals surface area (Å²) in [5, 5.41) is 0. The minimum absolute atomic E-state index is 0.0474. The van der Waals surface area contributed by atoms with Gasteiger partial charge in [0.15, 0.2) is 0 Å². The quantitative estimate of drug-likeness (QED) is 0.663. The summed E-state index contributed by atoms with van der Waals surface area (Å²) in [7, 11) is -2.94. The van der Waals surface area contributed by atoms with Crippen LogP contribution in [0.15, 0.2) is 0 Å². The van der Waals surface area contributed by atoms with Crippen LogP contribution in [0.1, 0.15) is 19.8 Å². The van der Waals surface area contributed by atoms with Gasteiger partial charge in [0, 0.05) is 25.1 Å². The summed E-state index contributed by atoms with van der Waals surface area (Å²) in [6.07, 6.45) is 1.89. The topological polar surface area (TPSA) is 77.2 Å². The molecule has 0 radical (unpaired) electrons. The Balaban J connectivity index is 3.72. The predicted molar refractivity (Wildman–Crippen MR) is 52.2 cm³/mol. The molecule has 0 heterocycles. The molecule has 0 aliphatic rings. The number of hydrogen-bond acceptors (Lipinski definition) is 4. The zero-order valence-corrected chi connectivity index (χ0v) is 8.93. The van der Waals surface area contributed by atoms with E-state index in [2.05, 4.69) is 0 Å². The van der Waals surface area contributed by atoms with E-state index in [9.17, 15) is 13.2 Å². The van der Waals surface area contributed by atoms with Gasteiger partial charge in [0.2, 0.25) is 0 Å². The van der Waals surface area contributed by atoms with Crippen molar-refractivity contribution in [2.75, 3.05) is 18.6 Å². The molecular formula is C8H17NO3S. The van der Waals surface area contributed by atoms with Crippen molar-refractivity contribution in [1.82, 2.24) is 0 Å². The Hall–Kier alpha value is -0.420. The summed E-state index contributed by atoms with van der Waals surface area (Å²) in [5.74, 6) is -0.0264. The Morgan fingerprint density at radius 3 is 2.38 bits per heavy atom. The first kappa shape index (κ1) is 12.6. The van der Waals surface area contributed by atoms with E-state index in [4.69, 9.17) is 5.73 Å². The third kappa shape index (κ3) is 6.72. The molecule has 0 amide bonds. The molecule has 13 heavy (non-hydrogen) atoms. The molecule has 0 saturated carbocycles. The van der Waals surface area contributed by atoms with Gasteiger partial charge in [-0.1, -0.05) is 6.92 Å². The average molecular weight is 207 g/mol. The van der Waals surface area contributed by atoms with Gasteiger partial charge in [-0.3, -0.25) is 4.79 Å². The first-order chi connectivity index (χ1) is 5.87. The van der Waals surface area contributed by atoms with Crippen LogP contribution in [0.4, 0.5) is 0 Å². The van der Waals surface area contributed by atoms with Gasteiger partial charge < -0.3 is 5.73 Å². The van der Waals surface area contributed by atoms with Crippen molar-refractivity contribution in [2.45, 2.75) is 19.8 Å². The first-order valence-electron chi connectivity index (χ1n) is 4.27. The Bertz CT molecular complexity index is 259. The van der Waals surface area contributed by atoms with E-state index >= 15 is 0 Å². The molecule has 5 heteroatoms. The maximum absolute atomic E-state index is 11.2. The molecule has 1 unspecified atom stereocenters. The number of Topliss-reactive ketones (excluding diaryl/α,β-unsaturated/α-hetero) is 1. The average Bonchev–Trinajstić information content (AvgIpc) is 2.00. The molecular weight excluding hydrogens is 190 g/mol. The molecule has 0 aromatic heterocycles. The van der Waals surface area contributed by atoms with E-state index in [0.717, 1.165) is 0 Å². The molecule has 0 bridgehead atoms. The molecule has 1 atom stereocenters. The summed E-state index contributed by atoms with van der Waals surface area (Å²) < 4.78 is 21.4. The molecule has 78 valence electrons. The van der Waals surface area contributed by atoms with Crippen LogP contribution in [-0.4, -0.2) is 32.8 Å². The lowest BCUT2D eigenvalue weighted by molar-refractivity contribution is -0.122. The van der Waals surface area contributed by atoms with Gasteiger partial charge in [-0.25, -0.2) is 8.42 Å². The molecule has 0 spiro atoms. The third-order valence-corrected chi connectivity index (χ3v) is 2.87. The van der Waals surface area contributed by atoms with Gasteiger partial charge in [0.05, 0.1) is 5.75 Å².